The Morgan fingerprint density at radius 1 is 0.457 bits per heavy atom. The van der Waals surface area contributed by atoms with Gasteiger partial charge in [-0.2, -0.15) is 0 Å². The molecule has 1 aliphatic heterocycles. The van der Waals surface area contributed by atoms with E-state index in [1.807, 2.05) is 68.3 Å². The fourth-order valence-electron chi connectivity index (χ4n) is 10.4. The highest BCUT2D eigenvalue weighted by Gasteiger charge is 2.51. The summed E-state index contributed by atoms with van der Waals surface area (Å²) < 4.78 is 57.9. The lowest BCUT2D eigenvalue weighted by Gasteiger charge is -2.32. The topological polar surface area (TPSA) is 216 Å². The lowest BCUT2D eigenvalue weighted by molar-refractivity contribution is -0.870. The first-order valence-electron chi connectivity index (χ1n) is 36.2. The molecule has 0 aromatic heterocycles. The van der Waals surface area contributed by atoms with Crippen LogP contribution < -0.4 is 25.8 Å². The van der Waals surface area contributed by atoms with Gasteiger partial charge in [0.15, 0.2) is 0 Å². The third-order valence-corrected chi connectivity index (χ3v) is 19.8. The molecule has 0 aliphatic carbocycles. The van der Waals surface area contributed by atoms with E-state index in [1.165, 1.54) is 190 Å². The number of hydrogen-bond donors (Lipinski definition) is 2. The summed E-state index contributed by atoms with van der Waals surface area (Å²) >= 11 is 2.11. The van der Waals surface area contributed by atoms with Crippen molar-refractivity contribution in [2.24, 2.45) is 0 Å². The van der Waals surface area contributed by atoms with Gasteiger partial charge in [0.1, 0.15) is 26.3 Å². The summed E-state index contributed by atoms with van der Waals surface area (Å²) in [6, 6.07) is 22.9. The highest BCUT2D eigenvalue weighted by molar-refractivity contribution is 14.1. The van der Waals surface area contributed by atoms with Crippen LogP contribution in [0.5, 0.6) is 0 Å². The molecule has 1 heterocycles. The van der Waals surface area contributed by atoms with Crippen LogP contribution in [0.15, 0.2) is 72.8 Å². The molecule has 2 N–H and O–H groups in total. The Balaban J connectivity index is 0.000000803. The van der Waals surface area contributed by atoms with E-state index in [0.717, 1.165) is 60.4 Å². The van der Waals surface area contributed by atoms with Crippen molar-refractivity contribution in [3.05, 3.63) is 93.1 Å². The van der Waals surface area contributed by atoms with Gasteiger partial charge in [0, 0.05) is 3.57 Å². The number of likely N-dealkylation sites (N-methyl/N-ethyl adjacent to an activating group) is 2. The Morgan fingerprint density at radius 3 is 1.00 bits per heavy atom. The second kappa shape index (κ2) is 52.0. The lowest BCUT2D eigenvalue weighted by atomic mass is 9.78. The molecule has 0 bridgehead atoms. The van der Waals surface area contributed by atoms with Crippen LogP contribution in [-0.4, -0.2) is 132 Å². The number of carbonyl (C=O) groups is 1. The summed E-state index contributed by atoms with van der Waals surface area (Å²) in [4.78, 5) is 33.7. The van der Waals surface area contributed by atoms with Gasteiger partial charge >= 0.3 is 14.2 Å². The zero-order chi connectivity index (χ0) is 70.2. The zero-order valence-corrected chi connectivity index (χ0v) is 64.8. The molecule has 0 spiro atoms. The van der Waals surface area contributed by atoms with E-state index in [1.54, 1.807) is 24.3 Å². The fraction of sp³-hybridized carbons (Fsp3) is 0.740. The van der Waals surface area contributed by atoms with Gasteiger partial charge in [0.2, 0.25) is 0 Å². The first kappa shape index (κ1) is 90.0. The first-order chi connectivity index (χ1) is 44.5. The van der Waals surface area contributed by atoms with Crippen molar-refractivity contribution in [3.63, 3.8) is 0 Å². The number of benzene rings is 3. The number of phosphoric acid groups is 2. The van der Waals surface area contributed by atoms with Gasteiger partial charge in [-0.15, -0.1) is 0 Å². The van der Waals surface area contributed by atoms with E-state index in [4.69, 9.17) is 37.5 Å². The molecule has 3 aromatic carbocycles. The number of nitrogens with zero attached hydrogens (tertiary/aromatic N) is 2. The van der Waals surface area contributed by atoms with Gasteiger partial charge in [0.25, 0.3) is 15.6 Å². The monoisotopic (exact) mass is 1470 g/mol. The largest absolute Gasteiger partial charge is 0.756 e. The average Bonchev–Trinajstić information content (AvgIpc) is 1.63. The molecule has 1 aliphatic rings. The number of hydrogen-bond acceptors (Lipinski definition) is 14. The number of carboxylic acid groups (broad SMARTS) is 1. The van der Waals surface area contributed by atoms with E-state index in [2.05, 4.69) is 74.6 Å². The van der Waals surface area contributed by atoms with Gasteiger partial charge in [-0.3, -0.25) is 9.13 Å². The summed E-state index contributed by atoms with van der Waals surface area (Å²) in [7, 11) is 2.00. The summed E-state index contributed by atoms with van der Waals surface area (Å²) in [6.07, 6.45) is 42.3. The van der Waals surface area contributed by atoms with Crippen molar-refractivity contribution in [1.82, 2.24) is 0 Å². The van der Waals surface area contributed by atoms with Crippen molar-refractivity contribution in [2.45, 2.75) is 271 Å². The van der Waals surface area contributed by atoms with Crippen LogP contribution in [0.2, 0.25) is 0 Å². The van der Waals surface area contributed by atoms with E-state index in [-0.39, 0.29) is 50.3 Å². The first-order valence-corrected chi connectivity index (χ1v) is 40.2. The van der Waals surface area contributed by atoms with Crippen LogP contribution >= 0.6 is 38.2 Å². The Hall–Kier alpha value is -2.03. The minimum Gasteiger partial charge on any atom is -0.756 e. The number of phosphoric ester groups is 2. The molecule has 2 unspecified atom stereocenters. The van der Waals surface area contributed by atoms with E-state index in [0.29, 0.717) is 27.5 Å². The van der Waals surface area contributed by atoms with Crippen molar-refractivity contribution < 1.29 is 75.2 Å². The van der Waals surface area contributed by atoms with Crippen molar-refractivity contribution in [1.29, 1.82) is 0 Å². The Kier molecular flexibility index (Phi) is 49.8. The molecule has 540 valence electrons. The number of rotatable bonds is 51. The molecule has 1 fully saturated rings. The smallest absolute Gasteiger partial charge is 0.494 e. The Bertz CT molecular complexity index is 2410. The summed E-state index contributed by atoms with van der Waals surface area (Å²) in [5.41, 5.74) is 3.96. The molecule has 21 heteroatoms. The highest BCUT2D eigenvalue weighted by atomic mass is 127. The molecular formula is C73H130B2IN2O14P2-. The number of carbonyl (C=O) groups excluding carboxylic acids is 1. The molecule has 0 saturated carbocycles. The maximum atomic E-state index is 11.8. The lowest BCUT2D eigenvalue weighted by Crippen LogP contribution is -2.41. The average molecular weight is 1470 g/mol. The van der Waals surface area contributed by atoms with Crippen LogP contribution in [0.1, 0.15) is 268 Å². The summed E-state index contributed by atoms with van der Waals surface area (Å²) in [5, 5.41) is 28.5. The number of aromatic carboxylic acids is 1. The minimum absolute atomic E-state index is 0.156. The maximum absolute atomic E-state index is 11.8. The molecule has 3 aromatic rings. The SMILES string of the molecule is CC.CC1(C)OB(c2ccc(CCCCCCCCCCCCCCCCCCOP(=O)([O-])OCC[N+](C)(C)C)cc2)OC1(C)C.C[N+](C)(C)CCOP(=O)([O-])OCCCCCCCCCCCCCCCCCCc1ccc(B(O)O)cc1.O=C([O-])c1ccc(I)cc1. The van der Waals surface area contributed by atoms with Crippen LogP contribution in [0.25, 0.3) is 0 Å². The van der Waals surface area contributed by atoms with Crippen molar-refractivity contribution in [2.75, 3.05) is 81.8 Å². The number of carboxylic acids is 1. The van der Waals surface area contributed by atoms with Crippen LogP contribution in [0.3, 0.4) is 0 Å². The highest BCUT2D eigenvalue weighted by Crippen LogP contribution is 2.40. The maximum Gasteiger partial charge on any atom is 0.494 e. The molecule has 0 amide bonds. The second-order valence-corrected chi connectivity index (χ2v) is 32.4. The normalized spacial score (nSPS) is 14.8. The summed E-state index contributed by atoms with van der Waals surface area (Å²) in [5.74, 6) is -1.13. The molecule has 4 rings (SSSR count). The summed E-state index contributed by atoms with van der Waals surface area (Å²) in [6.45, 7) is 14.4. The minimum atomic E-state index is -4.16. The number of halogens is 1. The third-order valence-electron chi connectivity index (χ3n) is 17.1. The van der Waals surface area contributed by atoms with Crippen molar-refractivity contribution >= 4 is 69.4 Å². The number of aryl methyl sites for hydroxylation is 2. The zero-order valence-electron chi connectivity index (χ0n) is 60.8. The van der Waals surface area contributed by atoms with Gasteiger partial charge in [-0.05, 0) is 129 Å². The van der Waals surface area contributed by atoms with Crippen LogP contribution in [0.4, 0.5) is 0 Å². The van der Waals surface area contributed by atoms with Gasteiger partial charge < -0.3 is 66.1 Å². The number of quaternary nitrogens is 2. The predicted octanol–water partition coefficient (Wildman–Crippen LogP) is 15.0. The second-order valence-electron chi connectivity index (χ2n) is 28.3. The van der Waals surface area contributed by atoms with E-state index in [9.17, 15) is 28.8 Å². The Labute approximate surface area is 587 Å². The van der Waals surface area contributed by atoms with Crippen LogP contribution in [-0.2, 0) is 49.4 Å². The van der Waals surface area contributed by atoms with E-state index < -0.39 is 28.7 Å². The van der Waals surface area contributed by atoms with E-state index >= 15 is 0 Å². The molecule has 94 heavy (non-hydrogen) atoms. The molecule has 2 atom stereocenters. The standard InChI is InChI=1S/C35H65BNO6P.C29H55BNO6P.C7H5IO2.C2H6/c1-34(2)35(3,4)43-36(42-34)33-27-25-32(26-28-33)24-22-20-18-16-14-12-10-8-9-11-13-15-17-19-21-23-30-40-44(38,39)41-31-29-37(5,6)7;1-31(2,3)25-27-37-38(34,35)36-26-19-17-15-13-11-9-7-5-4-6-8-10-12-14-16-18-20-28-21-23-29(24-22-28)30(32)33;8-6-3-1-5(2-4-6)7(9)10;1-2/h25-28H,8-24,29-31H2,1-7H3;21-24,32-33H,4-20,25-27H2,1-3H3;1-4H,(H,9,10);1-2H3/p-1. The number of unbranched alkanes of at least 4 members (excludes halogenated alkanes) is 30. The van der Waals surface area contributed by atoms with Gasteiger partial charge in [-0.25, -0.2) is 0 Å². The molecular weight excluding hydrogens is 1340 g/mol. The van der Waals surface area contributed by atoms with Gasteiger partial charge in [0.05, 0.1) is 72.7 Å². The molecule has 16 nitrogen and oxygen atoms in total. The van der Waals surface area contributed by atoms with Crippen molar-refractivity contribution in [3.8, 4) is 0 Å². The fourth-order valence-corrected chi connectivity index (χ4v) is 12.2. The van der Waals surface area contributed by atoms with Gasteiger partial charge in [-0.1, -0.05) is 254 Å². The molecule has 0 radical (unpaired) electrons. The Morgan fingerprint density at radius 2 is 0.723 bits per heavy atom. The van der Waals surface area contributed by atoms with Crippen LogP contribution in [0, 0.1) is 3.57 Å². The quantitative estimate of drug-likeness (QED) is 0.0177. The molecule has 1 saturated heterocycles. The third kappa shape index (κ3) is 48.7. The predicted molar refractivity (Wildman–Crippen MR) is 393 cm³/mol.